The second-order valence-electron chi connectivity index (χ2n) is 6.25. The molecule has 1 fully saturated rings. The number of nitrogens with zero attached hydrogens (tertiary/aromatic N) is 2. The van der Waals surface area contributed by atoms with E-state index in [4.69, 9.17) is 11.6 Å². The van der Waals surface area contributed by atoms with Crippen LogP contribution >= 0.6 is 11.6 Å². The molecule has 118 valence electrons. The number of rotatable bonds is 7. The first-order chi connectivity index (χ1) is 10.1. The van der Waals surface area contributed by atoms with Crippen molar-refractivity contribution in [2.45, 2.75) is 39.3 Å². The predicted octanol–water partition coefficient (Wildman–Crippen LogP) is 3.37. The van der Waals surface area contributed by atoms with Gasteiger partial charge >= 0.3 is 0 Å². The van der Waals surface area contributed by atoms with E-state index >= 15 is 0 Å². The zero-order valence-corrected chi connectivity index (χ0v) is 14.3. The van der Waals surface area contributed by atoms with Crippen molar-refractivity contribution >= 4 is 17.3 Å². The monoisotopic (exact) mass is 309 g/mol. The van der Waals surface area contributed by atoms with Crippen molar-refractivity contribution in [3.63, 3.8) is 0 Å². The molecular formula is C17H28ClN3. The number of hydrogen-bond donors (Lipinski definition) is 1. The highest BCUT2D eigenvalue weighted by Crippen LogP contribution is 2.29. The van der Waals surface area contributed by atoms with Crippen LogP contribution in [0.1, 0.15) is 32.3 Å². The molecule has 1 aliphatic rings. The van der Waals surface area contributed by atoms with E-state index in [9.17, 15) is 0 Å². The van der Waals surface area contributed by atoms with E-state index in [0.29, 0.717) is 6.04 Å². The Balaban J connectivity index is 2.01. The molecule has 0 amide bonds. The lowest BCUT2D eigenvalue weighted by Crippen LogP contribution is -2.32. The molecule has 1 aromatic carbocycles. The summed E-state index contributed by atoms with van der Waals surface area (Å²) in [5.41, 5.74) is 2.45. The molecule has 21 heavy (non-hydrogen) atoms. The quantitative estimate of drug-likeness (QED) is 0.833. The molecule has 0 bridgehead atoms. The normalized spacial score (nSPS) is 15.9. The molecule has 0 radical (unpaired) electrons. The Kier molecular flexibility index (Phi) is 6.34. The van der Waals surface area contributed by atoms with Crippen LogP contribution in [0.25, 0.3) is 0 Å². The Hall–Kier alpha value is -0.770. The molecule has 0 atom stereocenters. The highest BCUT2D eigenvalue weighted by Gasteiger charge is 2.15. The van der Waals surface area contributed by atoms with Gasteiger partial charge in [-0.15, -0.1) is 0 Å². The summed E-state index contributed by atoms with van der Waals surface area (Å²) in [5, 5.41) is 4.33. The molecule has 0 spiro atoms. The van der Waals surface area contributed by atoms with E-state index in [-0.39, 0.29) is 0 Å². The molecule has 1 aliphatic heterocycles. The van der Waals surface area contributed by atoms with Gasteiger partial charge in [0.2, 0.25) is 0 Å². The Bertz CT molecular complexity index is 442. The van der Waals surface area contributed by atoms with Crippen molar-refractivity contribution < 1.29 is 0 Å². The van der Waals surface area contributed by atoms with Crippen LogP contribution in [0.15, 0.2) is 18.2 Å². The minimum atomic E-state index is 0.478. The van der Waals surface area contributed by atoms with Gasteiger partial charge in [-0.2, -0.15) is 0 Å². The number of hydrogen-bond acceptors (Lipinski definition) is 3. The maximum atomic E-state index is 6.45. The fourth-order valence-electron chi connectivity index (χ4n) is 2.85. The van der Waals surface area contributed by atoms with Crippen LogP contribution in [0.5, 0.6) is 0 Å². The molecule has 1 N–H and O–H groups in total. The first kappa shape index (κ1) is 16.6. The average Bonchev–Trinajstić information content (AvgIpc) is 2.95. The van der Waals surface area contributed by atoms with Crippen molar-refractivity contribution in [2.24, 2.45) is 0 Å². The zero-order chi connectivity index (χ0) is 15.2. The fourth-order valence-corrected chi connectivity index (χ4v) is 3.19. The van der Waals surface area contributed by atoms with Gasteiger partial charge in [0.25, 0.3) is 0 Å². The number of anilines is 1. The minimum Gasteiger partial charge on any atom is -0.372 e. The largest absolute Gasteiger partial charge is 0.372 e. The predicted molar refractivity (Wildman–Crippen MR) is 92.4 cm³/mol. The summed E-state index contributed by atoms with van der Waals surface area (Å²) in [7, 11) is 2.15. The van der Waals surface area contributed by atoms with Gasteiger partial charge in [0.05, 0.1) is 10.7 Å². The van der Waals surface area contributed by atoms with Crippen LogP contribution in [-0.2, 0) is 6.54 Å². The third-order valence-corrected chi connectivity index (χ3v) is 4.41. The lowest BCUT2D eigenvalue weighted by Gasteiger charge is -2.26. The fraction of sp³-hybridized carbons (Fsp3) is 0.647. The topological polar surface area (TPSA) is 18.5 Å². The van der Waals surface area contributed by atoms with E-state index in [1.165, 1.54) is 37.2 Å². The van der Waals surface area contributed by atoms with Crippen LogP contribution in [0, 0.1) is 0 Å². The maximum absolute atomic E-state index is 6.45. The smallest absolute Gasteiger partial charge is 0.0642 e. The van der Waals surface area contributed by atoms with Gasteiger partial charge in [0.1, 0.15) is 0 Å². The minimum absolute atomic E-state index is 0.478. The molecule has 3 nitrogen and oxygen atoms in total. The van der Waals surface area contributed by atoms with Gasteiger partial charge in [-0.25, -0.2) is 0 Å². The third kappa shape index (κ3) is 4.87. The van der Waals surface area contributed by atoms with E-state index < -0.39 is 0 Å². The highest BCUT2D eigenvalue weighted by molar-refractivity contribution is 6.33. The zero-order valence-electron chi connectivity index (χ0n) is 13.5. The average molecular weight is 310 g/mol. The SMILES string of the molecule is CC(C)NCc1cccc(Cl)c1N(C)CCN1CCCC1. The Morgan fingerprint density at radius 2 is 2.00 bits per heavy atom. The van der Waals surface area contributed by atoms with Crippen molar-refractivity contribution in [1.82, 2.24) is 10.2 Å². The number of nitrogens with one attached hydrogen (secondary N) is 1. The van der Waals surface area contributed by atoms with Gasteiger partial charge in [-0.1, -0.05) is 37.6 Å². The summed E-state index contributed by atoms with van der Waals surface area (Å²) in [6, 6.07) is 6.68. The van der Waals surface area contributed by atoms with Crippen molar-refractivity contribution in [1.29, 1.82) is 0 Å². The third-order valence-electron chi connectivity index (χ3n) is 4.10. The second kappa shape index (κ2) is 8.02. The molecule has 0 aliphatic carbocycles. The molecule has 1 heterocycles. The molecular weight excluding hydrogens is 282 g/mol. The Morgan fingerprint density at radius 3 is 2.67 bits per heavy atom. The van der Waals surface area contributed by atoms with Crippen LogP contribution in [-0.4, -0.2) is 44.2 Å². The number of likely N-dealkylation sites (tertiary alicyclic amines) is 1. The van der Waals surface area contributed by atoms with Crippen LogP contribution in [0.4, 0.5) is 5.69 Å². The van der Waals surface area contributed by atoms with Gasteiger partial charge in [-0.3, -0.25) is 0 Å². The number of likely N-dealkylation sites (N-methyl/N-ethyl adjacent to an activating group) is 1. The first-order valence-electron chi connectivity index (χ1n) is 8.02. The highest BCUT2D eigenvalue weighted by atomic mass is 35.5. The first-order valence-corrected chi connectivity index (χ1v) is 8.40. The summed E-state index contributed by atoms with van der Waals surface area (Å²) >= 11 is 6.45. The van der Waals surface area contributed by atoms with E-state index in [2.05, 4.69) is 42.1 Å². The van der Waals surface area contributed by atoms with Gasteiger partial charge in [0.15, 0.2) is 0 Å². The molecule has 4 heteroatoms. The van der Waals surface area contributed by atoms with Crippen LogP contribution < -0.4 is 10.2 Å². The lowest BCUT2D eigenvalue weighted by atomic mass is 10.1. The molecule has 0 saturated carbocycles. The number of benzene rings is 1. The summed E-state index contributed by atoms with van der Waals surface area (Å²) in [5.74, 6) is 0. The van der Waals surface area contributed by atoms with Crippen LogP contribution in [0.3, 0.4) is 0 Å². The van der Waals surface area contributed by atoms with Gasteiger partial charge in [-0.05, 0) is 37.6 Å². The maximum Gasteiger partial charge on any atom is 0.0642 e. The van der Waals surface area contributed by atoms with Crippen molar-refractivity contribution in [3.8, 4) is 0 Å². The molecule has 2 rings (SSSR count). The van der Waals surface area contributed by atoms with Crippen molar-refractivity contribution in [2.75, 3.05) is 38.1 Å². The summed E-state index contributed by atoms with van der Waals surface area (Å²) in [6.07, 6.45) is 2.69. The molecule has 1 aromatic rings. The summed E-state index contributed by atoms with van der Waals surface area (Å²) < 4.78 is 0. The molecule has 0 aromatic heterocycles. The van der Waals surface area contributed by atoms with E-state index in [1.807, 2.05) is 12.1 Å². The Morgan fingerprint density at radius 1 is 1.29 bits per heavy atom. The van der Waals surface area contributed by atoms with Gasteiger partial charge in [0, 0.05) is 32.7 Å². The van der Waals surface area contributed by atoms with E-state index in [0.717, 1.165) is 24.7 Å². The number of para-hydroxylation sites is 1. The Labute approximate surface area is 134 Å². The second-order valence-corrected chi connectivity index (χ2v) is 6.66. The van der Waals surface area contributed by atoms with Gasteiger partial charge < -0.3 is 15.1 Å². The van der Waals surface area contributed by atoms with Crippen molar-refractivity contribution in [3.05, 3.63) is 28.8 Å². The molecule has 0 unspecified atom stereocenters. The summed E-state index contributed by atoms with van der Waals surface area (Å²) in [6.45, 7) is 9.84. The molecule has 1 saturated heterocycles. The summed E-state index contributed by atoms with van der Waals surface area (Å²) in [4.78, 5) is 4.84. The standard InChI is InChI=1S/C17H28ClN3/c1-14(2)19-13-15-7-6-8-16(18)17(15)20(3)11-12-21-9-4-5-10-21/h6-8,14,19H,4-5,9-13H2,1-3H3. The number of halogens is 1. The van der Waals surface area contributed by atoms with E-state index in [1.54, 1.807) is 0 Å². The lowest BCUT2D eigenvalue weighted by molar-refractivity contribution is 0.346. The van der Waals surface area contributed by atoms with Crippen LogP contribution in [0.2, 0.25) is 5.02 Å².